The standard InChI is InChI=1S/C20H26N2O2S/c1-2-3-13-24-19-9-11-20(12-10-19)25(23)22-15-18(16-22)21-14-17-7-5-4-6-8-17/h4-12,18,21H,2-3,13-16H2,1H3. The topological polar surface area (TPSA) is 41.6 Å². The van der Waals surface area contributed by atoms with Gasteiger partial charge in [-0.15, -0.1) is 0 Å². The molecule has 0 bridgehead atoms. The first-order valence-corrected chi connectivity index (χ1v) is 10.0. The average molecular weight is 359 g/mol. The van der Waals surface area contributed by atoms with Crippen molar-refractivity contribution in [1.82, 2.24) is 9.62 Å². The van der Waals surface area contributed by atoms with Crippen LogP contribution in [0.1, 0.15) is 25.3 Å². The van der Waals surface area contributed by atoms with Crippen molar-refractivity contribution in [3.63, 3.8) is 0 Å². The molecule has 2 aromatic carbocycles. The molecule has 1 heterocycles. The monoisotopic (exact) mass is 358 g/mol. The highest BCUT2D eigenvalue weighted by Crippen LogP contribution is 2.21. The molecule has 1 atom stereocenters. The number of nitrogens with one attached hydrogen (secondary N) is 1. The zero-order valence-electron chi connectivity index (χ0n) is 14.7. The van der Waals surface area contributed by atoms with Gasteiger partial charge in [0.15, 0.2) is 0 Å². The van der Waals surface area contributed by atoms with Gasteiger partial charge in [0.25, 0.3) is 0 Å². The van der Waals surface area contributed by atoms with E-state index >= 15 is 0 Å². The smallest absolute Gasteiger partial charge is 0.127 e. The first kappa shape index (κ1) is 18.1. The summed E-state index contributed by atoms with van der Waals surface area (Å²) in [5, 5.41) is 3.51. The third-order valence-corrected chi connectivity index (χ3v) is 5.75. The number of rotatable bonds is 9. The van der Waals surface area contributed by atoms with E-state index in [9.17, 15) is 4.21 Å². The number of hydrogen-bond donors (Lipinski definition) is 1. The molecule has 0 saturated carbocycles. The van der Waals surface area contributed by atoms with E-state index in [0.717, 1.165) is 49.7 Å². The Bertz CT molecular complexity index is 670. The SMILES string of the molecule is CCCCOc1ccc(S(=O)N2CC(NCc3ccccc3)C2)cc1. The van der Waals surface area contributed by atoms with Crippen LogP contribution in [-0.4, -0.2) is 34.3 Å². The number of benzene rings is 2. The molecule has 1 aliphatic heterocycles. The van der Waals surface area contributed by atoms with Gasteiger partial charge >= 0.3 is 0 Å². The summed E-state index contributed by atoms with van der Waals surface area (Å²) in [4.78, 5) is 0.837. The molecule has 3 rings (SSSR count). The maximum Gasteiger partial charge on any atom is 0.127 e. The quantitative estimate of drug-likeness (QED) is 0.699. The molecule has 0 spiro atoms. The highest BCUT2D eigenvalue weighted by atomic mass is 32.2. The van der Waals surface area contributed by atoms with Crippen molar-refractivity contribution in [3.05, 3.63) is 60.2 Å². The Hall–Kier alpha value is -1.69. The third-order valence-electron chi connectivity index (χ3n) is 4.31. The lowest BCUT2D eigenvalue weighted by molar-refractivity contribution is 0.236. The third kappa shape index (κ3) is 5.14. The largest absolute Gasteiger partial charge is 0.494 e. The Balaban J connectivity index is 1.42. The van der Waals surface area contributed by atoms with E-state index in [1.54, 1.807) is 0 Å². The van der Waals surface area contributed by atoms with E-state index in [-0.39, 0.29) is 0 Å². The lowest BCUT2D eigenvalue weighted by Crippen LogP contribution is -2.57. The predicted octanol–water partition coefficient (Wildman–Crippen LogP) is 3.36. The van der Waals surface area contributed by atoms with Crippen LogP contribution < -0.4 is 10.1 Å². The van der Waals surface area contributed by atoms with Crippen LogP contribution in [0.2, 0.25) is 0 Å². The molecule has 5 heteroatoms. The summed E-state index contributed by atoms with van der Waals surface area (Å²) in [6, 6.07) is 18.4. The maximum absolute atomic E-state index is 12.6. The van der Waals surface area contributed by atoms with Crippen LogP contribution in [0.15, 0.2) is 59.5 Å². The second-order valence-corrected chi connectivity index (χ2v) is 7.82. The van der Waals surface area contributed by atoms with E-state index in [0.29, 0.717) is 6.04 Å². The molecule has 134 valence electrons. The summed E-state index contributed by atoms with van der Waals surface area (Å²) in [7, 11) is -1.09. The Morgan fingerprint density at radius 2 is 1.84 bits per heavy atom. The van der Waals surface area contributed by atoms with Crippen LogP contribution in [0.3, 0.4) is 0 Å². The normalized spacial score (nSPS) is 16.4. The van der Waals surface area contributed by atoms with Gasteiger partial charge in [-0.2, -0.15) is 0 Å². The molecular weight excluding hydrogens is 332 g/mol. The average Bonchev–Trinajstić information content (AvgIpc) is 2.62. The van der Waals surface area contributed by atoms with E-state index in [1.165, 1.54) is 5.56 Å². The summed E-state index contributed by atoms with van der Waals surface area (Å²) < 4.78 is 20.2. The van der Waals surface area contributed by atoms with Gasteiger partial charge in [-0.05, 0) is 36.2 Å². The van der Waals surface area contributed by atoms with Gasteiger partial charge in [0, 0.05) is 25.7 Å². The van der Waals surface area contributed by atoms with Crippen LogP contribution in [-0.2, 0) is 17.5 Å². The molecule has 1 N–H and O–H groups in total. The molecule has 1 unspecified atom stereocenters. The van der Waals surface area contributed by atoms with Crippen LogP contribution in [0.4, 0.5) is 0 Å². The van der Waals surface area contributed by atoms with Crippen LogP contribution in [0, 0.1) is 0 Å². The van der Waals surface area contributed by atoms with Gasteiger partial charge in [0.2, 0.25) is 0 Å². The Labute approximate surface area is 152 Å². The minimum Gasteiger partial charge on any atom is -0.494 e. The molecule has 1 saturated heterocycles. The van der Waals surface area contributed by atoms with Crippen LogP contribution in [0.5, 0.6) is 5.75 Å². The van der Waals surface area contributed by atoms with Crippen molar-refractivity contribution in [3.8, 4) is 5.75 Å². The summed E-state index contributed by atoms with van der Waals surface area (Å²) in [5.41, 5.74) is 1.28. The van der Waals surface area contributed by atoms with Gasteiger partial charge in [0.05, 0.1) is 11.5 Å². The second-order valence-electron chi connectivity index (χ2n) is 6.33. The molecular formula is C20H26N2O2S. The van der Waals surface area contributed by atoms with Gasteiger partial charge in [-0.1, -0.05) is 43.7 Å². The number of hydrogen-bond acceptors (Lipinski definition) is 3. The molecule has 0 amide bonds. The second kappa shape index (κ2) is 9.13. The Morgan fingerprint density at radius 1 is 1.12 bits per heavy atom. The summed E-state index contributed by atoms with van der Waals surface area (Å²) in [5.74, 6) is 0.847. The highest BCUT2D eigenvalue weighted by molar-refractivity contribution is 7.82. The summed E-state index contributed by atoms with van der Waals surface area (Å²) in [6.45, 7) is 5.36. The van der Waals surface area contributed by atoms with Crippen molar-refractivity contribution in [2.24, 2.45) is 0 Å². The first-order chi connectivity index (χ1) is 12.3. The van der Waals surface area contributed by atoms with Crippen molar-refractivity contribution >= 4 is 11.0 Å². The highest BCUT2D eigenvalue weighted by Gasteiger charge is 2.31. The van der Waals surface area contributed by atoms with E-state index in [1.807, 2.05) is 34.6 Å². The lowest BCUT2D eigenvalue weighted by Gasteiger charge is -2.38. The molecule has 0 aliphatic carbocycles. The van der Waals surface area contributed by atoms with Gasteiger partial charge in [0.1, 0.15) is 16.7 Å². The fraction of sp³-hybridized carbons (Fsp3) is 0.400. The first-order valence-electron chi connectivity index (χ1n) is 8.93. The molecule has 1 aliphatic rings. The lowest BCUT2D eigenvalue weighted by atomic mass is 10.1. The number of unbranched alkanes of at least 4 members (excludes halogenated alkanes) is 1. The molecule has 1 fully saturated rings. The maximum atomic E-state index is 12.6. The van der Waals surface area contributed by atoms with Gasteiger partial charge in [-0.3, -0.25) is 0 Å². The summed E-state index contributed by atoms with van der Waals surface area (Å²) in [6.07, 6.45) is 2.18. The van der Waals surface area contributed by atoms with E-state index in [2.05, 4.69) is 36.5 Å². The fourth-order valence-corrected chi connectivity index (χ4v) is 3.99. The molecule has 2 aromatic rings. The van der Waals surface area contributed by atoms with Crippen LogP contribution >= 0.6 is 0 Å². The molecule has 0 radical (unpaired) electrons. The number of ether oxygens (including phenoxy) is 1. The fourth-order valence-electron chi connectivity index (χ4n) is 2.70. The Morgan fingerprint density at radius 3 is 2.52 bits per heavy atom. The van der Waals surface area contributed by atoms with Crippen molar-refractivity contribution in [1.29, 1.82) is 0 Å². The zero-order valence-corrected chi connectivity index (χ0v) is 15.5. The van der Waals surface area contributed by atoms with E-state index in [4.69, 9.17) is 4.74 Å². The van der Waals surface area contributed by atoms with Crippen molar-refractivity contribution in [2.75, 3.05) is 19.7 Å². The summed E-state index contributed by atoms with van der Waals surface area (Å²) >= 11 is 0. The number of nitrogens with zero attached hydrogens (tertiary/aromatic N) is 1. The Kier molecular flexibility index (Phi) is 6.62. The van der Waals surface area contributed by atoms with Crippen molar-refractivity contribution < 1.29 is 8.95 Å². The van der Waals surface area contributed by atoms with Gasteiger partial charge in [-0.25, -0.2) is 8.51 Å². The minimum atomic E-state index is -1.09. The molecule has 4 nitrogen and oxygen atoms in total. The minimum absolute atomic E-state index is 0.404. The van der Waals surface area contributed by atoms with Gasteiger partial charge < -0.3 is 10.1 Å². The predicted molar refractivity (Wildman–Crippen MR) is 102 cm³/mol. The van der Waals surface area contributed by atoms with E-state index < -0.39 is 11.0 Å². The van der Waals surface area contributed by atoms with Crippen molar-refractivity contribution in [2.45, 2.75) is 37.2 Å². The zero-order chi connectivity index (χ0) is 17.5. The molecule has 25 heavy (non-hydrogen) atoms. The van der Waals surface area contributed by atoms with Crippen LogP contribution in [0.25, 0.3) is 0 Å². The molecule has 0 aromatic heterocycles.